The molecule has 1 N–H and O–H groups in total. The number of Topliss-reactive ketones (excluding diaryl/α,β-unsaturated/α-hetero) is 1. The number of aromatic nitrogens is 1. The van der Waals surface area contributed by atoms with Crippen molar-refractivity contribution in [1.29, 1.82) is 0 Å². The number of H-pyrrole nitrogens is 1. The first kappa shape index (κ1) is 11.1. The lowest BCUT2D eigenvalue weighted by molar-refractivity contribution is -0.139. The Morgan fingerprint density at radius 2 is 2.18 bits per heavy atom. The van der Waals surface area contributed by atoms with Gasteiger partial charge < -0.3 is 9.15 Å². The number of aromatic amines is 1. The van der Waals surface area contributed by atoms with Gasteiger partial charge in [-0.25, -0.2) is 4.79 Å². The minimum absolute atomic E-state index is 0.319. The number of hydrogen-bond donors (Lipinski definition) is 1. The highest BCUT2D eigenvalue weighted by atomic mass is 16.5. The zero-order valence-corrected chi connectivity index (χ0v) is 8.98. The van der Waals surface area contributed by atoms with Crippen LogP contribution in [0, 0.1) is 0 Å². The van der Waals surface area contributed by atoms with E-state index in [-0.39, 0.29) is 12.2 Å². The number of hydrogen-bond acceptors (Lipinski definition) is 5. The number of ether oxygens (including phenoxy) is 1. The van der Waals surface area contributed by atoms with Gasteiger partial charge in [0.05, 0.1) is 12.6 Å². The van der Waals surface area contributed by atoms with Gasteiger partial charge in [-0.05, 0) is 18.2 Å². The molecule has 0 amide bonds. The smallest absolute Gasteiger partial charge is 0.417 e. The van der Waals surface area contributed by atoms with E-state index in [0.717, 1.165) is 0 Å². The molecule has 6 nitrogen and oxygen atoms in total. The fourth-order valence-electron chi connectivity index (χ4n) is 1.43. The number of nitrogens with one attached hydrogen (secondary N) is 1. The Balaban J connectivity index is 2.32. The Labute approximate surface area is 95.2 Å². The van der Waals surface area contributed by atoms with Crippen molar-refractivity contribution >= 4 is 22.9 Å². The van der Waals surface area contributed by atoms with Crippen molar-refractivity contribution in [3.63, 3.8) is 0 Å². The number of methoxy groups -OCH3 is 1. The van der Waals surface area contributed by atoms with Crippen molar-refractivity contribution < 1.29 is 18.7 Å². The largest absolute Gasteiger partial charge is 0.469 e. The zero-order chi connectivity index (χ0) is 12.4. The summed E-state index contributed by atoms with van der Waals surface area (Å²) in [5.74, 6) is -1.56. The molecule has 0 atom stereocenters. The summed E-state index contributed by atoms with van der Waals surface area (Å²) in [4.78, 5) is 35.9. The second-order valence-corrected chi connectivity index (χ2v) is 3.40. The highest BCUT2D eigenvalue weighted by molar-refractivity contribution is 6.07. The predicted molar refractivity (Wildman–Crippen MR) is 57.8 cm³/mol. The molecule has 2 rings (SSSR count). The SMILES string of the molecule is COC(=O)CC(=O)c1ccc2oc(=O)[nH]c2c1. The number of fused-ring (bicyclic) bond motifs is 1. The van der Waals surface area contributed by atoms with Crippen LogP contribution >= 0.6 is 0 Å². The van der Waals surface area contributed by atoms with Crippen LogP contribution in [0.15, 0.2) is 27.4 Å². The number of rotatable bonds is 3. The molecule has 0 spiro atoms. The quantitative estimate of drug-likeness (QED) is 0.484. The van der Waals surface area contributed by atoms with Gasteiger partial charge in [0.1, 0.15) is 6.42 Å². The van der Waals surface area contributed by atoms with Crippen LogP contribution in [0.1, 0.15) is 16.8 Å². The summed E-state index contributed by atoms with van der Waals surface area (Å²) in [7, 11) is 1.21. The summed E-state index contributed by atoms with van der Waals surface area (Å²) in [5, 5.41) is 0. The van der Waals surface area contributed by atoms with Crippen LogP contribution in [0.2, 0.25) is 0 Å². The van der Waals surface area contributed by atoms with E-state index in [1.165, 1.54) is 25.3 Å². The van der Waals surface area contributed by atoms with Gasteiger partial charge in [-0.2, -0.15) is 0 Å². The molecule has 0 fully saturated rings. The van der Waals surface area contributed by atoms with Crippen molar-refractivity contribution in [2.75, 3.05) is 7.11 Å². The molecule has 0 aliphatic rings. The molecule has 0 saturated heterocycles. The zero-order valence-electron chi connectivity index (χ0n) is 8.98. The Kier molecular flexibility index (Phi) is 2.78. The first-order chi connectivity index (χ1) is 8.10. The van der Waals surface area contributed by atoms with Crippen LogP contribution in [-0.4, -0.2) is 23.8 Å². The van der Waals surface area contributed by atoms with Crippen molar-refractivity contribution in [2.45, 2.75) is 6.42 Å². The average molecular weight is 235 g/mol. The first-order valence-corrected chi connectivity index (χ1v) is 4.83. The van der Waals surface area contributed by atoms with Gasteiger partial charge in [0.2, 0.25) is 0 Å². The maximum absolute atomic E-state index is 11.6. The van der Waals surface area contributed by atoms with Crippen LogP contribution in [0.4, 0.5) is 0 Å². The summed E-state index contributed by atoms with van der Waals surface area (Å²) in [5.41, 5.74) is 1.11. The summed E-state index contributed by atoms with van der Waals surface area (Å²) in [6.45, 7) is 0. The van der Waals surface area contributed by atoms with Crippen LogP contribution in [0.3, 0.4) is 0 Å². The molecule has 0 aliphatic heterocycles. The molecular formula is C11H9NO5. The minimum Gasteiger partial charge on any atom is -0.469 e. The Bertz CT molecular complexity index is 637. The van der Waals surface area contributed by atoms with Crippen LogP contribution in [0.5, 0.6) is 0 Å². The van der Waals surface area contributed by atoms with Gasteiger partial charge >= 0.3 is 11.7 Å². The molecule has 1 aromatic heterocycles. The number of carbonyl (C=O) groups excluding carboxylic acids is 2. The van der Waals surface area contributed by atoms with E-state index < -0.39 is 11.7 Å². The van der Waals surface area contributed by atoms with E-state index in [9.17, 15) is 14.4 Å². The van der Waals surface area contributed by atoms with E-state index in [1.54, 1.807) is 0 Å². The molecule has 0 aliphatic carbocycles. The lowest BCUT2D eigenvalue weighted by Gasteiger charge is -1.99. The monoisotopic (exact) mass is 235 g/mol. The van der Waals surface area contributed by atoms with Crippen LogP contribution in [0.25, 0.3) is 11.1 Å². The van der Waals surface area contributed by atoms with Gasteiger partial charge in [0.25, 0.3) is 0 Å². The van der Waals surface area contributed by atoms with Gasteiger partial charge in [-0.1, -0.05) is 0 Å². The number of carbonyl (C=O) groups is 2. The molecule has 6 heteroatoms. The maximum Gasteiger partial charge on any atom is 0.417 e. The van der Waals surface area contributed by atoms with Crippen molar-refractivity contribution in [3.05, 3.63) is 34.3 Å². The lowest BCUT2D eigenvalue weighted by Crippen LogP contribution is -2.09. The standard InChI is InChI=1S/C11H9NO5/c1-16-10(14)5-8(13)6-2-3-9-7(4-6)12-11(15)17-9/h2-4H,5H2,1H3,(H,12,15). The summed E-state index contributed by atoms with van der Waals surface area (Å²) < 4.78 is 9.19. The van der Waals surface area contributed by atoms with Gasteiger partial charge in [-0.15, -0.1) is 0 Å². The second kappa shape index (κ2) is 4.25. The molecule has 17 heavy (non-hydrogen) atoms. The van der Waals surface area contributed by atoms with Gasteiger partial charge in [0.15, 0.2) is 11.4 Å². The summed E-state index contributed by atoms with van der Waals surface area (Å²) >= 11 is 0. The molecule has 88 valence electrons. The van der Waals surface area contributed by atoms with E-state index in [2.05, 4.69) is 9.72 Å². The van der Waals surface area contributed by atoms with E-state index >= 15 is 0 Å². The molecule has 0 radical (unpaired) electrons. The highest BCUT2D eigenvalue weighted by Gasteiger charge is 2.13. The average Bonchev–Trinajstić information content (AvgIpc) is 2.67. The normalized spacial score (nSPS) is 10.4. The number of esters is 1. The Hall–Kier alpha value is -2.37. The molecule has 1 aromatic carbocycles. The molecule has 0 bridgehead atoms. The van der Waals surface area contributed by atoms with E-state index in [4.69, 9.17) is 4.42 Å². The second-order valence-electron chi connectivity index (χ2n) is 3.40. The number of oxazole rings is 1. The van der Waals surface area contributed by atoms with Gasteiger partial charge in [0, 0.05) is 5.56 Å². The van der Waals surface area contributed by atoms with E-state index in [1.807, 2.05) is 0 Å². The summed E-state index contributed by atoms with van der Waals surface area (Å²) in [6.07, 6.45) is -0.329. The number of benzene rings is 1. The first-order valence-electron chi connectivity index (χ1n) is 4.83. The molecule has 0 saturated carbocycles. The highest BCUT2D eigenvalue weighted by Crippen LogP contribution is 2.13. The topological polar surface area (TPSA) is 89.4 Å². The maximum atomic E-state index is 11.6. The molecule has 1 heterocycles. The van der Waals surface area contributed by atoms with Crippen molar-refractivity contribution in [2.24, 2.45) is 0 Å². The molecular weight excluding hydrogens is 226 g/mol. The third-order valence-corrected chi connectivity index (χ3v) is 2.27. The molecule has 2 aromatic rings. The Morgan fingerprint density at radius 3 is 2.88 bits per heavy atom. The van der Waals surface area contributed by atoms with Crippen molar-refractivity contribution in [3.8, 4) is 0 Å². The van der Waals surface area contributed by atoms with Crippen LogP contribution in [-0.2, 0) is 9.53 Å². The third kappa shape index (κ3) is 2.25. The minimum atomic E-state index is -0.601. The fourth-order valence-corrected chi connectivity index (χ4v) is 1.43. The number of ketones is 1. The third-order valence-electron chi connectivity index (χ3n) is 2.27. The van der Waals surface area contributed by atoms with Crippen molar-refractivity contribution in [1.82, 2.24) is 4.98 Å². The Morgan fingerprint density at radius 1 is 1.41 bits per heavy atom. The summed E-state index contributed by atoms with van der Waals surface area (Å²) in [6, 6.07) is 4.45. The predicted octanol–water partition coefficient (Wildman–Crippen LogP) is 0.867. The lowest BCUT2D eigenvalue weighted by atomic mass is 10.1. The van der Waals surface area contributed by atoms with Gasteiger partial charge in [-0.3, -0.25) is 14.6 Å². The van der Waals surface area contributed by atoms with E-state index in [0.29, 0.717) is 16.7 Å². The fraction of sp³-hybridized carbons (Fsp3) is 0.182. The van der Waals surface area contributed by atoms with Crippen LogP contribution < -0.4 is 5.76 Å². The molecule has 0 unspecified atom stereocenters.